The van der Waals surface area contributed by atoms with Crippen LogP contribution in [-0.2, 0) is 17.3 Å². The highest BCUT2D eigenvalue weighted by Gasteiger charge is 2.23. The lowest BCUT2D eigenvalue weighted by molar-refractivity contribution is -0.117. The largest absolute Gasteiger partial charge is 0.368 e. The Bertz CT molecular complexity index is 927. The number of aromatic nitrogens is 3. The first kappa shape index (κ1) is 19.2. The van der Waals surface area contributed by atoms with Crippen LogP contribution in [0.5, 0.6) is 0 Å². The van der Waals surface area contributed by atoms with Gasteiger partial charge >= 0.3 is 0 Å². The molecular formula is C21H24N4OS. The fourth-order valence-electron chi connectivity index (χ4n) is 2.81. The van der Waals surface area contributed by atoms with Gasteiger partial charge in [-0.05, 0) is 16.5 Å². The van der Waals surface area contributed by atoms with E-state index in [4.69, 9.17) is 5.73 Å². The highest BCUT2D eigenvalue weighted by molar-refractivity contribution is 8.00. The maximum Gasteiger partial charge on any atom is 0.235 e. The van der Waals surface area contributed by atoms with Gasteiger partial charge in [-0.3, -0.25) is 4.79 Å². The fraction of sp³-hybridized carbons (Fsp3) is 0.286. The Balaban J connectivity index is 1.88. The lowest BCUT2D eigenvalue weighted by Gasteiger charge is -2.19. The fourth-order valence-corrected chi connectivity index (χ4v) is 3.76. The van der Waals surface area contributed by atoms with Crippen molar-refractivity contribution in [2.24, 2.45) is 12.8 Å². The number of thioether (sulfide) groups is 1. The van der Waals surface area contributed by atoms with Crippen LogP contribution in [0, 0.1) is 0 Å². The molecule has 0 fully saturated rings. The van der Waals surface area contributed by atoms with Crippen molar-refractivity contribution in [3.05, 3.63) is 65.7 Å². The average molecular weight is 381 g/mol. The van der Waals surface area contributed by atoms with Crippen molar-refractivity contribution >= 4 is 17.7 Å². The maximum absolute atomic E-state index is 12.0. The van der Waals surface area contributed by atoms with Gasteiger partial charge in [-0.25, -0.2) is 0 Å². The summed E-state index contributed by atoms with van der Waals surface area (Å²) in [7, 11) is 1.90. The molecule has 0 aliphatic rings. The number of amides is 1. The molecule has 0 radical (unpaired) electrons. The van der Waals surface area contributed by atoms with Gasteiger partial charge < -0.3 is 10.3 Å². The zero-order valence-corrected chi connectivity index (χ0v) is 16.8. The summed E-state index contributed by atoms with van der Waals surface area (Å²) >= 11 is 1.31. The van der Waals surface area contributed by atoms with Gasteiger partial charge in [0.15, 0.2) is 11.0 Å². The normalized spacial score (nSPS) is 12.7. The number of hydrogen-bond acceptors (Lipinski definition) is 4. The molecule has 0 bridgehead atoms. The molecule has 2 aromatic carbocycles. The summed E-state index contributed by atoms with van der Waals surface area (Å²) in [6.45, 7) is 6.56. The molecule has 1 heterocycles. The quantitative estimate of drug-likeness (QED) is 0.676. The highest BCUT2D eigenvalue weighted by atomic mass is 32.2. The number of primary amides is 1. The van der Waals surface area contributed by atoms with Gasteiger partial charge in [0.25, 0.3) is 0 Å². The summed E-state index contributed by atoms with van der Waals surface area (Å²) in [5, 5.41) is 8.74. The Hall–Kier alpha value is -2.60. The number of rotatable bonds is 5. The summed E-state index contributed by atoms with van der Waals surface area (Å²) in [5.74, 6) is 0.361. The number of nitrogens with zero attached hydrogens (tertiary/aromatic N) is 3. The molecule has 0 saturated carbocycles. The van der Waals surface area contributed by atoms with Gasteiger partial charge in [-0.1, -0.05) is 87.1 Å². The van der Waals surface area contributed by atoms with Crippen LogP contribution < -0.4 is 5.73 Å². The Kier molecular flexibility index (Phi) is 5.37. The monoisotopic (exact) mass is 380 g/mol. The zero-order chi connectivity index (χ0) is 19.6. The molecule has 140 valence electrons. The van der Waals surface area contributed by atoms with E-state index in [1.807, 2.05) is 41.9 Å². The predicted octanol–water partition coefficient (Wildman–Crippen LogP) is 4.10. The molecule has 1 atom stereocenters. The van der Waals surface area contributed by atoms with Crippen LogP contribution in [0.4, 0.5) is 0 Å². The molecule has 0 unspecified atom stereocenters. The molecule has 0 aliphatic heterocycles. The molecule has 1 aromatic heterocycles. The average Bonchev–Trinajstić information content (AvgIpc) is 3.00. The Labute approximate surface area is 164 Å². The highest BCUT2D eigenvalue weighted by Crippen LogP contribution is 2.35. The van der Waals surface area contributed by atoms with E-state index >= 15 is 0 Å². The minimum absolute atomic E-state index is 0.101. The lowest BCUT2D eigenvalue weighted by Crippen LogP contribution is -2.19. The number of nitrogens with two attached hydrogens (primary N) is 1. The van der Waals surface area contributed by atoms with Crippen molar-refractivity contribution < 1.29 is 4.79 Å². The van der Waals surface area contributed by atoms with Crippen LogP contribution in [0.3, 0.4) is 0 Å². The van der Waals surface area contributed by atoms with E-state index in [-0.39, 0.29) is 5.41 Å². The molecule has 5 nitrogen and oxygen atoms in total. The van der Waals surface area contributed by atoms with E-state index < -0.39 is 11.2 Å². The van der Waals surface area contributed by atoms with Crippen LogP contribution in [0.2, 0.25) is 0 Å². The second-order valence-corrected chi connectivity index (χ2v) is 8.58. The number of hydrogen-bond donors (Lipinski definition) is 1. The van der Waals surface area contributed by atoms with E-state index in [1.54, 1.807) is 0 Å². The van der Waals surface area contributed by atoms with Gasteiger partial charge in [0, 0.05) is 12.6 Å². The van der Waals surface area contributed by atoms with Gasteiger partial charge in [0.05, 0.1) is 0 Å². The van der Waals surface area contributed by atoms with E-state index in [9.17, 15) is 4.79 Å². The third-order valence-electron chi connectivity index (χ3n) is 4.43. The first-order chi connectivity index (χ1) is 12.8. The third kappa shape index (κ3) is 4.22. The SMILES string of the molecule is Cn1c(S[C@H](C(N)=O)c2ccccc2)nnc1-c1ccc(C(C)(C)C)cc1. The van der Waals surface area contributed by atoms with E-state index in [0.717, 1.165) is 17.0 Å². The van der Waals surface area contributed by atoms with Crippen molar-refractivity contribution in [2.45, 2.75) is 36.6 Å². The van der Waals surface area contributed by atoms with Gasteiger partial charge in [0.1, 0.15) is 5.25 Å². The zero-order valence-electron chi connectivity index (χ0n) is 16.0. The Morgan fingerprint density at radius 1 is 1.04 bits per heavy atom. The van der Waals surface area contributed by atoms with Gasteiger partial charge in [-0.15, -0.1) is 10.2 Å². The standard InChI is InChI=1S/C21H24N4OS/c1-21(2,3)16-12-10-15(11-13-16)19-23-24-20(25(19)4)27-17(18(22)26)14-8-6-5-7-9-14/h5-13,17H,1-4H3,(H2,22,26)/t17-/m0/s1. The van der Waals surface area contributed by atoms with Crippen LogP contribution in [-0.4, -0.2) is 20.7 Å². The number of benzene rings is 2. The summed E-state index contributed by atoms with van der Waals surface area (Å²) in [5.41, 5.74) is 8.83. The smallest absolute Gasteiger partial charge is 0.235 e. The molecule has 0 spiro atoms. The number of carbonyl (C=O) groups excluding carboxylic acids is 1. The van der Waals surface area contributed by atoms with E-state index in [2.05, 4.69) is 55.2 Å². The first-order valence-corrected chi connectivity index (χ1v) is 9.66. The molecule has 0 aliphatic carbocycles. The van der Waals surface area contributed by atoms with E-state index in [0.29, 0.717) is 5.16 Å². The molecule has 27 heavy (non-hydrogen) atoms. The van der Waals surface area contributed by atoms with Crippen LogP contribution in [0.15, 0.2) is 59.8 Å². The lowest BCUT2D eigenvalue weighted by atomic mass is 9.87. The van der Waals surface area contributed by atoms with Crippen LogP contribution in [0.1, 0.15) is 37.1 Å². The molecule has 6 heteroatoms. The summed E-state index contributed by atoms with van der Waals surface area (Å²) in [4.78, 5) is 12.0. The van der Waals surface area contributed by atoms with Crippen LogP contribution in [0.25, 0.3) is 11.4 Å². The third-order valence-corrected chi connectivity index (χ3v) is 5.73. The topological polar surface area (TPSA) is 73.8 Å². The molecule has 0 saturated heterocycles. The van der Waals surface area contributed by atoms with Crippen molar-refractivity contribution in [2.75, 3.05) is 0 Å². The Morgan fingerprint density at radius 3 is 2.22 bits per heavy atom. The summed E-state index contributed by atoms with van der Waals surface area (Å²) < 4.78 is 1.90. The number of carbonyl (C=O) groups is 1. The van der Waals surface area contributed by atoms with Crippen molar-refractivity contribution in [3.63, 3.8) is 0 Å². The van der Waals surface area contributed by atoms with Gasteiger partial charge in [-0.2, -0.15) is 0 Å². The maximum atomic E-state index is 12.0. The van der Waals surface area contributed by atoms with Crippen molar-refractivity contribution in [3.8, 4) is 11.4 Å². The van der Waals surface area contributed by atoms with Crippen molar-refractivity contribution in [1.82, 2.24) is 14.8 Å². The first-order valence-electron chi connectivity index (χ1n) is 8.78. The molecule has 1 amide bonds. The van der Waals surface area contributed by atoms with Crippen LogP contribution >= 0.6 is 11.8 Å². The predicted molar refractivity (Wildman–Crippen MR) is 109 cm³/mol. The minimum atomic E-state index is -0.509. The van der Waals surface area contributed by atoms with Crippen molar-refractivity contribution in [1.29, 1.82) is 0 Å². The molecule has 2 N–H and O–H groups in total. The second kappa shape index (κ2) is 7.56. The second-order valence-electron chi connectivity index (χ2n) is 7.50. The van der Waals surface area contributed by atoms with E-state index in [1.165, 1.54) is 17.3 Å². The molecule has 3 aromatic rings. The summed E-state index contributed by atoms with van der Waals surface area (Å²) in [6, 6.07) is 17.8. The molecule has 3 rings (SSSR count). The minimum Gasteiger partial charge on any atom is -0.368 e. The molecular weight excluding hydrogens is 356 g/mol. The Morgan fingerprint density at radius 2 is 1.67 bits per heavy atom. The summed E-state index contributed by atoms with van der Waals surface area (Å²) in [6.07, 6.45) is 0. The van der Waals surface area contributed by atoms with Gasteiger partial charge in [0.2, 0.25) is 5.91 Å².